The van der Waals surface area contributed by atoms with Gasteiger partial charge in [-0.15, -0.1) is 11.3 Å². The van der Waals surface area contributed by atoms with Crippen LogP contribution in [0, 0.1) is 5.92 Å². The summed E-state index contributed by atoms with van der Waals surface area (Å²) in [6.07, 6.45) is 0. The Labute approximate surface area is 177 Å². The Hall–Kier alpha value is -1.05. The molecule has 2 rings (SSSR count). The molecule has 1 aromatic rings. The van der Waals surface area contributed by atoms with Gasteiger partial charge < -0.3 is 4.90 Å². The maximum Gasteiger partial charge on any atom is 0.282 e. The van der Waals surface area contributed by atoms with Crippen LogP contribution >= 0.6 is 11.3 Å². The summed E-state index contributed by atoms with van der Waals surface area (Å²) in [5.41, 5.74) is 0. The van der Waals surface area contributed by atoms with Crippen LogP contribution in [-0.4, -0.2) is 81.6 Å². The van der Waals surface area contributed by atoms with Gasteiger partial charge in [0.1, 0.15) is 10.3 Å². The minimum atomic E-state index is -3.79. The molecule has 1 aliphatic heterocycles. The van der Waals surface area contributed by atoms with Crippen LogP contribution in [0.5, 0.6) is 0 Å². The van der Waals surface area contributed by atoms with Crippen LogP contribution < -0.4 is 4.72 Å². The van der Waals surface area contributed by atoms with Crippen LogP contribution in [0.1, 0.15) is 27.7 Å². The monoisotopic (exact) mass is 466 g/mol. The smallest absolute Gasteiger partial charge is 0.282 e. The Morgan fingerprint density at radius 3 is 2.17 bits per heavy atom. The topological polar surface area (TPSA) is 107 Å². The number of thiophene rings is 1. The van der Waals surface area contributed by atoms with Crippen LogP contribution in [0.4, 0.5) is 0 Å². The van der Waals surface area contributed by atoms with Crippen molar-refractivity contribution in [2.24, 2.45) is 5.92 Å². The molecule has 0 aliphatic carbocycles. The first-order valence-electron chi connectivity index (χ1n) is 9.64. The molecule has 1 N–H and O–H groups in total. The molecule has 12 heteroatoms. The van der Waals surface area contributed by atoms with E-state index in [2.05, 4.69) is 4.72 Å². The van der Waals surface area contributed by atoms with Gasteiger partial charge in [-0.1, -0.05) is 33.8 Å². The van der Waals surface area contributed by atoms with Crippen molar-refractivity contribution in [1.82, 2.24) is 18.2 Å². The van der Waals surface area contributed by atoms with Gasteiger partial charge in [-0.3, -0.25) is 4.79 Å². The number of carbonyl (C=O) groups excluding carboxylic acids is 1. The molecule has 1 saturated heterocycles. The van der Waals surface area contributed by atoms with Crippen molar-refractivity contribution in [2.45, 2.75) is 37.9 Å². The summed E-state index contributed by atoms with van der Waals surface area (Å²) in [6, 6.07) is 2.22. The molecule has 1 amide bonds. The zero-order valence-corrected chi connectivity index (χ0v) is 19.7. The molecule has 2 heterocycles. The van der Waals surface area contributed by atoms with Gasteiger partial charge in [0.25, 0.3) is 20.2 Å². The van der Waals surface area contributed by atoms with E-state index in [4.69, 9.17) is 0 Å². The van der Waals surface area contributed by atoms with Crippen LogP contribution in [-0.2, 0) is 25.0 Å². The predicted octanol–water partition coefficient (Wildman–Crippen LogP) is 0.782. The van der Waals surface area contributed by atoms with Crippen LogP contribution in [0.15, 0.2) is 21.7 Å². The lowest BCUT2D eigenvalue weighted by Gasteiger charge is -2.38. The van der Waals surface area contributed by atoms with E-state index in [1.54, 1.807) is 39.1 Å². The summed E-state index contributed by atoms with van der Waals surface area (Å²) in [7, 11) is -7.34. The second kappa shape index (κ2) is 9.84. The molecule has 1 aliphatic rings. The van der Waals surface area contributed by atoms with E-state index >= 15 is 0 Å². The number of piperazine rings is 1. The fraction of sp³-hybridized carbons (Fsp3) is 0.706. The first-order chi connectivity index (χ1) is 13.5. The average Bonchev–Trinajstić information content (AvgIpc) is 3.22. The van der Waals surface area contributed by atoms with E-state index in [9.17, 15) is 21.6 Å². The molecular weight excluding hydrogens is 436 g/mol. The van der Waals surface area contributed by atoms with Gasteiger partial charge in [-0.2, -0.15) is 21.8 Å². The highest BCUT2D eigenvalue weighted by Crippen LogP contribution is 2.19. The lowest BCUT2D eigenvalue weighted by molar-refractivity contribution is -0.135. The third kappa shape index (κ3) is 5.56. The quantitative estimate of drug-likeness (QED) is 0.579. The van der Waals surface area contributed by atoms with Gasteiger partial charge in [-0.05, 0) is 17.4 Å². The molecule has 29 heavy (non-hydrogen) atoms. The van der Waals surface area contributed by atoms with Gasteiger partial charge in [0.2, 0.25) is 5.91 Å². The molecule has 1 aromatic heterocycles. The average molecular weight is 467 g/mol. The molecule has 0 spiro atoms. The number of hydrogen-bond acceptors (Lipinski definition) is 6. The molecule has 0 aromatic carbocycles. The second-order valence-electron chi connectivity index (χ2n) is 7.09. The number of hydrogen-bond donors (Lipinski definition) is 1. The van der Waals surface area contributed by atoms with E-state index < -0.39 is 26.3 Å². The Morgan fingerprint density at radius 2 is 1.72 bits per heavy atom. The third-order valence-electron chi connectivity index (χ3n) is 4.88. The zero-order chi connectivity index (χ0) is 21.8. The standard InChI is InChI=1S/C17H30N4O5S3/c1-5-20(6-2)29(25,26)21-11-9-19(10-12-21)17(22)16(14(3)4)18-28(23,24)15-8-7-13-27-15/h7-8,13-14,16,18H,5-6,9-12H2,1-4H3. The lowest BCUT2D eigenvalue weighted by atomic mass is 10.0. The van der Waals surface area contributed by atoms with Crippen molar-refractivity contribution in [2.75, 3.05) is 39.3 Å². The Bertz CT molecular complexity index is 872. The second-order valence-corrected chi connectivity index (χ2v) is 11.9. The highest BCUT2D eigenvalue weighted by Gasteiger charge is 2.36. The number of nitrogens with one attached hydrogen (secondary N) is 1. The van der Waals surface area contributed by atoms with E-state index in [1.165, 1.54) is 19.6 Å². The summed E-state index contributed by atoms with van der Waals surface area (Å²) < 4.78 is 55.8. The first-order valence-corrected chi connectivity index (χ1v) is 13.4. The highest BCUT2D eigenvalue weighted by atomic mass is 32.2. The molecule has 0 radical (unpaired) electrons. The molecule has 0 bridgehead atoms. The lowest BCUT2D eigenvalue weighted by Crippen LogP contribution is -2.58. The SMILES string of the molecule is CCN(CC)S(=O)(=O)N1CCN(C(=O)C(NS(=O)(=O)c2cccs2)C(C)C)CC1. The van der Waals surface area contributed by atoms with Gasteiger partial charge in [0.05, 0.1) is 0 Å². The highest BCUT2D eigenvalue weighted by molar-refractivity contribution is 7.91. The van der Waals surface area contributed by atoms with Crippen molar-refractivity contribution in [3.05, 3.63) is 17.5 Å². The fourth-order valence-electron chi connectivity index (χ4n) is 3.16. The number of sulfonamides is 1. The summed E-state index contributed by atoms with van der Waals surface area (Å²) in [4.78, 5) is 14.6. The molecule has 1 fully saturated rings. The van der Waals surface area contributed by atoms with Gasteiger partial charge in [0.15, 0.2) is 0 Å². The Morgan fingerprint density at radius 1 is 1.14 bits per heavy atom. The van der Waals surface area contributed by atoms with Crippen molar-refractivity contribution >= 4 is 37.5 Å². The minimum Gasteiger partial charge on any atom is -0.339 e. The molecule has 0 saturated carbocycles. The number of amides is 1. The van der Waals surface area contributed by atoms with E-state index in [0.717, 1.165) is 11.3 Å². The first kappa shape index (κ1) is 24.2. The molecule has 1 unspecified atom stereocenters. The van der Waals surface area contributed by atoms with Crippen LogP contribution in [0.3, 0.4) is 0 Å². The normalized spacial score (nSPS) is 17.8. The van der Waals surface area contributed by atoms with Crippen molar-refractivity contribution in [3.63, 3.8) is 0 Å². The summed E-state index contributed by atoms with van der Waals surface area (Å²) in [6.45, 7) is 8.73. The summed E-state index contributed by atoms with van der Waals surface area (Å²) in [5.74, 6) is -0.588. The molecule has 166 valence electrons. The van der Waals surface area contributed by atoms with Crippen LogP contribution in [0.25, 0.3) is 0 Å². The number of carbonyl (C=O) groups is 1. The third-order valence-corrected chi connectivity index (χ3v) is 9.91. The number of nitrogens with zero attached hydrogens (tertiary/aromatic N) is 3. The molecule has 1 atom stereocenters. The van der Waals surface area contributed by atoms with E-state index in [-0.39, 0.29) is 42.2 Å². The predicted molar refractivity (Wildman–Crippen MR) is 113 cm³/mol. The Kier molecular flexibility index (Phi) is 8.22. The minimum absolute atomic E-state index is 0.158. The van der Waals surface area contributed by atoms with Gasteiger partial charge >= 0.3 is 0 Å². The molecular formula is C17H30N4O5S3. The number of rotatable bonds is 9. The zero-order valence-electron chi connectivity index (χ0n) is 17.2. The van der Waals surface area contributed by atoms with Gasteiger partial charge in [-0.25, -0.2) is 8.42 Å². The fourth-order valence-corrected chi connectivity index (χ4v) is 7.11. The Balaban J connectivity index is 2.08. The summed E-state index contributed by atoms with van der Waals surface area (Å²) >= 11 is 1.09. The van der Waals surface area contributed by atoms with E-state index in [1.807, 2.05) is 0 Å². The van der Waals surface area contributed by atoms with Gasteiger partial charge in [0, 0.05) is 39.3 Å². The maximum absolute atomic E-state index is 13.0. The van der Waals surface area contributed by atoms with Crippen molar-refractivity contribution in [1.29, 1.82) is 0 Å². The van der Waals surface area contributed by atoms with Crippen molar-refractivity contribution in [3.8, 4) is 0 Å². The largest absolute Gasteiger partial charge is 0.339 e. The van der Waals surface area contributed by atoms with E-state index in [0.29, 0.717) is 13.1 Å². The summed E-state index contributed by atoms with van der Waals surface area (Å²) in [5, 5.41) is 1.66. The maximum atomic E-state index is 13.0. The van der Waals surface area contributed by atoms with Crippen molar-refractivity contribution < 1.29 is 21.6 Å². The van der Waals surface area contributed by atoms with Crippen LogP contribution in [0.2, 0.25) is 0 Å². The molecule has 9 nitrogen and oxygen atoms in total.